The third-order valence-electron chi connectivity index (χ3n) is 3.78. The molecule has 0 aromatic heterocycles. The van der Waals surface area contributed by atoms with Crippen molar-refractivity contribution in [2.75, 3.05) is 65.2 Å². The van der Waals surface area contributed by atoms with Gasteiger partial charge in [-0.1, -0.05) is 12.8 Å². The van der Waals surface area contributed by atoms with Crippen molar-refractivity contribution in [2.45, 2.75) is 44.6 Å². The Morgan fingerprint density at radius 1 is 0.696 bits per heavy atom. The normalized spacial score (nSPS) is 16.0. The summed E-state index contributed by atoms with van der Waals surface area (Å²) >= 11 is 5.62. The summed E-state index contributed by atoms with van der Waals surface area (Å²) in [7, 11) is 0. The van der Waals surface area contributed by atoms with Crippen LogP contribution in [0.2, 0.25) is 0 Å². The highest BCUT2D eigenvalue weighted by molar-refractivity contribution is 6.17. The third-order valence-corrected chi connectivity index (χ3v) is 4.05. The highest BCUT2D eigenvalue weighted by atomic mass is 35.5. The molecular weight excluding hydrogens is 318 g/mol. The Kier molecular flexibility index (Phi) is 15.6. The van der Waals surface area contributed by atoms with Crippen LogP contribution in [0.15, 0.2) is 0 Å². The standard InChI is InChI=1S/C17H34ClNO4/c18-7-3-1-2-4-10-20-11-12-21-13-14-22-15-16-23-17-5-8-19-9-6-17/h17,19H,1-16H2. The van der Waals surface area contributed by atoms with Gasteiger partial charge in [0.2, 0.25) is 0 Å². The number of rotatable bonds is 16. The van der Waals surface area contributed by atoms with Crippen molar-refractivity contribution < 1.29 is 18.9 Å². The average Bonchev–Trinajstić information content (AvgIpc) is 2.59. The van der Waals surface area contributed by atoms with Crippen LogP contribution in [0.4, 0.5) is 0 Å². The molecule has 0 radical (unpaired) electrons. The number of halogens is 1. The monoisotopic (exact) mass is 351 g/mol. The lowest BCUT2D eigenvalue weighted by Crippen LogP contribution is -2.33. The Labute approximate surface area is 146 Å². The first-order valence-electron chi connectivity index (χ1n) is 9.05. The molecule has 1 rings (SSSR count). The number of hydrogen-bond donors (Lipinski definition) is 1. The molecular formula is C17H34ClNO4. The molecule has 0 spiro atoms. The summed E-state index contributed by atoms with van der Waals surface area (Å²) in [5.74, 6) is 0.765. The van der Waals surface area contributed by atoms with E-state index in [1.165, 1.54) is 12.8 Å². The van der Waals surface area contributed by atoms with E-state index in [1.54, 1.807) is 0 Å². The number of unbranched alkanes of at least 4 members (excludes halogenated alkanes) is 3. The topological polar surface area (TPSA) is 49.0 Å². The molecule has 1 N–H and O–H groups in total. The van der Waals surface area contributed by atoms with Crippen LogP contribution in [-0.2, 0) is 18.9 Å². The lowest BCUT2D eigenvalue weighted by Gasteiger charge is -2.22. The fraction of sp³-hybridized carbons (Fsp3) is 1.00. The van der Waals surface area contributed by atoms with Crippen LogP contribution in [0, 0.1) is 0 Å². The van der Waals surface area contributed by atoms with Gasteiger partial charge in [-0.2, -0.15) is 0 Å². The van der Waals surface area contributed by atoms with E-state index in [9.17, 15) is 0 Å². The zero-order valence-corrected chi connectivity index (χ0v) is 15.2. The maximum atomic E-state index is 5.76. The predicted molar refractivity (Wildman–Crippen MR) is 93.5 cm³/mol. The van der Waals surface area contributed by atoms with E-state index in [2.05, 4.69) is 5.32 Å². The van der Waals surface area contributed by atoms with Crippen LogP contribution in [0.3, 0.4) is 0 Å². The Hall–Kier alpha value is 0.0900. The molecule has 1 aliphatic heterocycles. The van der Waals surface area contributed by atoms with Gasteiger partial charge < -0.3 is 24.3 Å². The highest BCUT2D eigenvalue weighted by Gasteiger charge is 2.12. The van der Waals surface area contributed by atoms with E-state index in [0.717, 1.165) is 51.3 Å². The fourth-order valence-corrected chi connectivity index (χ4v) is 2.62. The van der Waals surface area contributed by atoms with Gasteiger partial charge in [-0.3, -0.25) is 0 Å². The maximum Gasteiger partial charge on any atom is 0.0704 e. The smallest absolute Gasteiger partial charge is 0.0704 e. The number of nitrogens with one attached hydrogen (secondary N) is 1. The number of hydrogen-bond acceptors (Lipinski definition) is 5. The molecule has 6 heteroatoms. The van der Waals surface area contributed by atoms with Gasteiger partial charge in [-0.05, 0) is 38.8 Å². The molecule has 1 saturated heterocycles. The Morgan fingerprint density at radius 2 is 1.26 bits per heavy atom. The molecule has 0 aromatic rings. The summed E-state index contributed by atoms with van der Waals surface area (Å²) in [6, 6.07) is 0. The molecule has 23 heavy (non-hydrogen) atoms. The van der Waals surface area contributed by atoms with Gasteiger partial charge >= 0.3 is 0 Å². The van der Waals surface area contributed by atoms with E-state index in [1.807, 2.05) is 0 Å². The SMILES string of the molecule is ClCCCCCCOCCOCCOCCOC1CCNCC1. The first-order chi connectivity index (χ1) is 11.4. The first kappa shape index (κ1) is 21.1. The second-order valence-corrected chi connectivity index (χ2v) is 6.14. The minimum absolute atomic E-state index is 0.406. The largest absolute Gasteiger partial charge is 0.379 e. The summed E-state index contributed by atoms with van der Waals surface area (Å²) in [5, 5.41) is 3.33. The van der Waals surface area contributed by atoms with E-state index >= 15 is 0 Å². The van der Waals surface area contributed by atoms with Gasteiger partial charge in [-0.15, -0.1) is 11.6 Å². The van der Waals surface area contributed by atoms with Crippen molar-refractivity contribution in [2.24, 2.45) is 0 Å². The summed E-state index contributed by atoms with van der Waals surface area (Å²) < 4.78 is 22.2. The average molecular weight is 352 g/mol. The van der Waals surface area contributed by atoms with Gasteiger partial charge in [0.15, 0.2) is 0 Å². The number of piperidine rings is 1. The zero-order valence-electron chi connectivity index (χ0n) is 14.4. The van der Waals surface area contributed by atoms with Crippen LogP contribution in [0.25, 0.3) is 0 Å². The quantitative estimate of drug-likeness (QED) is 0.342. The van der Waals surface area contributed by atoms with Gasteiger partial charge in [0.05, 0.1) is 45.7 Å². The first-order valence-corrected chi connectivity index (χ1v) is 9.58. The van der Waals surface area contributed by atoms with Crippen molar-refractivity contribution >= 4 is 11.6 Å². The van der Waals surface area contributed by atoms with Gasteiger partial charge in [-0.25, -0.2) is 0 Å². The van der Waals surface area contributed by atoms with Gasteiger partial charge in [0.1, 0.15) is 0 Å². The molecule has 0 aliphatic carbocycles. The molecule has 0 unspecified atom stereocenters. The zero-order chi connectivity index (χ0) is 16.4. The lowest BCUT2D eigenvalue weighted by atomic mass is 10.1. The van der Waals surface area contributed by atoms with E-state index in [4.69, 9.17) is 30.5 Å². The summed E-state index contributed by atoms with van der Waals surface area (Å²) in [6.07, 6.45) is 7.22. The summed E-state index contributed by atoms with van der Waals surface area (Å²) in [6.45, 7) is 6.80. The highest BCUT2D eigenvalue weighted by Crippen LogP contribution is 2.06. The molecule has 0 bridgehead atoms. The van der Waals surface area contributed by atoms with E-state index < -0.39 is 0 Å². The molecule has 0 amide bonds. The third kappa shape index (κ3) is 14.2. The Bertz CT molecular complexity index is 241. The lowest BCUT2D eigenvalue weighted by molar-refractivity contribution is -0.0252. The molecule has 5 nitrogen and oxygen atoms in total. The minimum Gasteiger partial charge on any atom is -0.379 e. The summed E-state index contributed by atoms with van der Waals surface area (Å²) in [4.78, 5) is 0. The second kappa shape index (κ2) is 16.9. The molecule has 138 valence electrons. The van der Waals surface area contributed by atoms with Crippen LogP contribution < -0.4 is 5.32 Å². The Morgan fingerprint density at radius 3 is 1.91 bits per heavy atom. The van der Waals surface area contributed by atoms with Crippen LogP contribution in [0.5, 0.6) is 0 Å². The van der Waals surface area contributed by atoms with Crippen LogP contribution >= 0.6 is 11.6 Å². The maximum absolute atomic E-state index is 5.76. The molecule has 1 heterocycles. The second-order valence-electron chi connectivity index (χ2n) is 5.76. The predicted octanol–water partition coefficient (Wildman–Crippen LogP) is 2.60. The van der Waals surface area contributed by atoms with Crippen molar-refractivity contribution in [1.29, 1.82) is 0 Å². The molecule has 1 aliphatic rings. The molecule has 0 atom stereocenters. The van der Waals surface area contributed by atoms with Crippen molar-refractivity contribution in [3.8, 4) is 0 Å². The van der Waals surface area contributed by atoms with Gasteiger partial charge in [0, 0.05) is 12.5 Å². The van der Waals surface area contributed by atoms with E-state index in [0.29, 0.717) is 45.7 Å². The molecule has 0 saturated carbocycles. The van der Waals surface area contributed by atoms with Crippen LogP contribution in [-0.4, -0.2) is 71.3 Å². The minimum atomic E-state index is 0.406. The van der Waals surface area contributed by atoms with Crippen molar-refractivity contribution in [1.82, 2.24) is 5.32 Å². The van der Waals surface area contributed by atoms with E-state index in [-0.39, 0.29) is 0 Å². The molecule has 0 aromatic carbocycles. The van der Waals surface area contributed by atoms with Gasteiger partial charge in [0.25, 0.3) is 0 Å². The summed E-state index contributed by atoms with van der Waals surface area (Å²) in [5.41, 5.74) is 0. The fourth-order valence-electron chi connectivity index (χ4n) is 2.43. The number of alkyl halides is 1. The van der Waals surface area contributed by atoms with Crippen molar-refractivity contribution in [3.05, 3.63) is 0 Å². The Balaban J connectivity index is 1.67. The number of ether oxygens (including phenoxy) is 4. The van der Waals surface area contributed by atoms with Crippen LogP contribution in [0.1, 0.15) is 38.5 Å². The molecule has 1 fully saturated rings. The van der Waals surface area contributed by atoms with Crippen molar-refractivity contribution in [3.63, 3.8) is 0 Å².